The van der Waals surface area contributed by atoms with Crippen LogP contribution in [0.3, 0.4) is 0 Å². The van der Waals surface area contributed by atoms with Crippen molar-refractivity contribution in [3.8, 4) is 0 Å². The van der Waals surface area contributed by atoms with E-state index in [4.69, 9.17) is 0 Å². The molecule has 1 heterocycles. The first-order chi connectivity index (χ1) is 10.2. The summed E-state index contributed by atoms with van der Waals surface area (Å²) in [6, 6.07) is 26.0. The van der Waals surface area contributed by atoms with E-state index >= 15 is 0 Å². The smallest absolute Gasteiger partial charge is 0.0382 e. The third-order valence-corrected chi connectivity index (χ3v) is 5.76. The third-order valence-electron chi connectivity index (χ3n) is 3.35. The molecule has 0 aliphatic heterocycles. The lowest BCUT2D eigenvalue weighted by Gasteiger charge is -2.20. The fourth-order valence-electron chi connectivity index (χ4n) is 2.54. The first kappa shape index (κ1) is 14.0. The molecule has 104 valence electrons. The van der Waals surface area contributed by atoms with E-state index in [1.807, 2.05) is 0 Å². The number of hydrogen-bond donors (Lipinski definition) is 0. The van der Waals surface area contributed by atoms with Crippen molar-refractivity contribution in [1.29, 1.82) is 0 Å². The van der Waals surface area contributed by atoms with Gasteiger partial charge in [0, 0.05) is 11.4 Å². The standard InChI is InChI=1S/C19H18NP/c1-15-13-19(14-16(2)20-15)21(17-9-5-3-6-10-17)18-11-7-4-8-12-18/h3-14H,1-2H3. The van der Waals surface area contributed by atoms with Gasteiger partial charge < -0.3 is 0 Å². The van der Waals surface area contributed by atoms with E-state index in [1.165, 1.54) is 15.9 Å². The first-order valence-electron chi connectivity index (χ1n) is 7.09. The molecule has 0 radical (unpaired) electrons. The minimum Gasteiger partial charge on any atom is -0.258 e. The summed E-state index contributed by atoms with van der Waals surface area (Å²) >= 11 is 0. The van der Waals surface area contributed by atoms with Gasteiger partial charge >= 0.3 is 0 Å². The van der Waals surface area contributed by atoms with Crippen LogP contribution in [0, 0.1) is 13.8 Å². The van der Waals surface area contributed by atoms with Gasteiger partial charge in [0.1, 0.15) is 0 Å². The lowest BCUT2D eigenvalue weighted by molar-refractivity contribution is 1.13. The van der Waals surface area contributed by atoms with Gasteiger partial charge in [0.05, 0.1) is 0 Å². The van der Waals surface area contributed by atoms with Gasteiger partial charge in [0.25, 0.3) is 0 Å². The molecule has 3 aromatic rings. The van der Waals surface area contributed by atoms with Crippen LogP contribution in [0.1, 0.15) is 11.4 Å². The Kier molecular flexibility index (Phi) is 4.13. The van der Waals surface area contributed by atoms with E-state index in [1.54, 1.807) is 0 Å². The van der Waals surface area contributed by atoms with Gasteiger partial charge in [0.15, 0.2) is 0 Å². The van der Waals surface area contributed by atoms with Crippen LogP contribution in [0.2, 0.25) is 0 Å². The summed E-state index contributed by atoms with van der Waals surface area (Å²) in [7, 11) is -0.518. The molecule has 0 amide bonds. The van der Waals surface area contributed by atoms with Crippen molar-refractivity contribution in [2.24, 2.45) is 0 Å². The highest BCUT2D eigenvalue weighted by Gasteiger charge is 2.16. The van der Waals surface area contributed by atoms with E-state index < -0.39 is 7.92 Å². The quantitative estimate of drug-likeness (QED) is 0.674. The molecule has 0 N–H and O–H groups in total. The highest BCUT2D eigenvalue weighted by molar-refractivity contribution is 7.79. The van der Waals surface area contributed by atoms with Gasteiger partial charge in [-0.05, 0) is 49.8 Å². The van der Waals surface area contributed by atoms with Crippen molar-refractivity contribution in [1.82, 2.24) is 4.98 Å². The molecule has 0 aliphatic carbocycles. The monoisotopic (exact) mass is 291 g/mol. The summed E-state index contributed by atoms with van der Waals surface area (Å²) in [6.07, 6.45) is 0. The van der Waals surface area contributed by atoms with E-state index in [2.05, 4.69) is 91.6 Å². The summed E-state index contributed by atoms with van der Waals surface area (Å²) in [4.78, 5) is 4.51. The number of rotatable bonds is 3. The second-order valence-corrected chi connectivity index (χ2v) is 7.33. The van der Waals surface area contributed by atoms with Gasteiger partial charge in [0.2, 0.25) is 0 Å². The number of benzene rings is 2. The molecule has 0 saturated heterocycles. The molecule has 0 saturated carbocycles. The molecule has 0 aliphatic rings. The van der Waals surface area contributed by atoms with E-state index in [9.17, 15) is 0 Å². The summed E-state index contributed by atoms with van der Waals surface area (Å²) in [5.41, 5.74) is 2.17. The topological polar surface area (TPSA) is 12.9 Å². The minimum atomic E-state index is -0.518. The fourth-order valence-corrected chi connectivity index (χ4v) is 5.01. The van der Waals surface area contributed by atoms with Crippen LogP contribution in [0.25, 0.3) is 0 Å². The van der Waals surface area contributed by atoms with Gasteiger partial charge in [-0.3, -0.25) is 4.98 Å². The van der Waals surface area contributed by atoms with E-state index in [0.29, 0.717) is 0 Å². The maximum absolute atomic E-state index is 4.51. The van der Waals surface area contributed by atoms with Crippen molar-refractivity contribution < 1.29 is 0 Å². The summed E-state index contributed by atoms with van der Waals surface area (Å²) < 4.78 is 0. The Morgan fingerprint density at radius 2 is 1.05 bits per heavy atom. The third kappa shape index (κ3) is 3.20. The van der Waals surface area contributed by atoms with Crippen LogP contribution >= 0.6 is 7.92 Å². The zero-order valence-corrected chi connectivity index (χ0v) is 13.2. The molecule has 0 unspecified atom stereocenters. The van der Waals surface area contributed by atoms with Crippen molar-refractivity contribution in [3.63, 3.8) is 0 Å². The maximum atomic E-state index is 4.51. The first-order valence-corrected chi connectivity index (χ1v) is 8.44. The average Bonchev–Trinajstić information content (AvgIpc) is 2.49. The lowest BCUT2D eigenvalue weighted by atomic mass is 10.3. The number of aryl methyl sites for hydroxylation is 2. The number of hydrogen-bond acceptors (Lipinski definition) is 1. The van der Waals surface area contributed by atoms with Crippen LogP contribution in [0.4, 0.5) is 0 Å². The van der Waals surface area contributed by atoms with Gasteiger partial charge in [-0.2, -0.15) is 0 Å². The minimum absolute atomic E-state index is 0.518. The fraction of sp³-hybridized carbons (Fsp3) is 0.105. The van der Waals surface area contributed by atoms with Crippen molar-refractivity contribution in [2.75, 3.05) is 0 Å². The second kappa shape index (κ2) is 6.20. The van der Waals surface area contributed by atoms with Gasteiger partial charge in [-0.25, -0.2) is 0 Å². The predicted molar refractivity (Wildman–Crippen MR) is 92.4 cm³/mol. The summed E-state index contributed by atoms with van der Waals surface area (Å²) in [5.74, 6) is 0. The van der Waals surface area contributed by atoms with Crippen LogP contribution in [-0.2, 0) is 0 Å². The Labute approximate surface area is 127 Å². The van der Waals surface area contributed by atoms with Crippen LogP contribution in [0.5, 0.6) is 0 Å². The highest BCUT2D eigenvalue weighted by Crippen LogP contribution is 2.32. The van der Waals surface area contributed by atoms with Gasteiger partial charge in [-0.1, -0.05) is 60.7 Å². The Balaban J connectivity index is 2.17. The molecule has 1 aromatic heterocycles. The maximum Gasteiger partial charge on any atom is 0.0382 e. The molecule has 1 nitrogen and oxygen atoms in total. The molecule has 0 spiro atoms. The molecular weight excluding hydrogens is 273 g/mol. The molecule has 2 aromatic carbocycles. The summed E-state index contributed by atoms with van der Waals surface area (Å²) in [5, 5.41) is 4.12. The highest BCUT2D eigenvalue weighted by atomic mass is 31.1. The Morgan fingerprint density at radius 3 is 1.48 bits per heavy atom. The molecule has 2 heteroatoms. The zero-order chi connectivity index (χ0) is 14.7. The molecule has 0 bridgehead atoms. The molecule has 0 fully saturated rings. The molecule has 0 atom stereocenters. The van der Waals surface area contributed by atoms with Gasteiger partial charge in [-0.15, -0.1) is 0 Å². The normalized spacial score (nSPS) is 10.8. The Hall–Kier alpha value is -1.98. The number of nitrogens with zero attached hydrogens (tertiary/aromatic N) is 1. The van der Waals surface area contributed by atoms with Crippen LogP contribution in [0.15, 0.2) is 72.8 Å². The summed E-state index contributed by atoms with van der Waals surface area (Å²) in [6.45, 7) is 4.14. The SMILES string of the molecule is Cc1cc(P(c2ccccc2)c2ccccc2)cc(C)n1. The number of pyridine rings is 1. The van der Waals surface area contributed by atoms with Crippen molar-refractivity contribution in [3.05, 3.63) is 84.2 Å². The number of aromatic nitrogens is 1. The molecule has 3 rings (SSSR count). The molecular formula is C19H18NP. The van der Waals surface area contributed by atoms with Crippen molar-refractivity contribution in [2.45, 2.75) is 13.8 Å². The largest absolute Gasteiger partial charge is 0.258 e. The second-order valence-electron chi connectivity index (χ2n) is 5.11. The zero-order valence-electron chi connectivity index (χ0n) is 12.3. The van der Waals surface area contributed by atoms with E-state index in [-0.39, 0.29) is 0 Å². The van der Waals surface area contributed by atoms with Crippen LogP contribution < -0.4 is 15.9 Å². The lowest BCUT2D eigenvalue weighted by Crippen LogP contribution is -2.21. The molecule has 21 heavy (non-hydrogen) atoms. The van der Waals surface area contributed by atoms with Crippen molar-refractivity contribution >= 4 is 23.8 Å². The Bertz CT molecular complexity index is 663. The Morgan fingerprint density at radius 1 is 0.619 bits per heavy atom. The average molecular weight is 291 g/mol. The van der Waals surface area contributed by atoms with Crippen LogP contribution in [-0.4, -0.2) is 4.98 Å². The predicted octanol–water partition coefficient (Wildman–Crippen LogP) is 3.46. The van der Waals surface area contributed by atoms with E-state index in [0.717, 1.165) is 11.4 Å².